The van der Waals surface area contributed by atoms with Crippen LogP contribution in [0.25, 0.3) is 11.4 Å². The average molecular weight is 253 g/mol. The van der Waals surface area contributed by atoms with Gasteiger partial charge in [-0.05, 0) is 19.1 Å². The Kier molecular flexibility index (Phi) is 3.98. The van der Waals surface area contributed by atoms with Crippen molar-refractivity contribution in [2.45, 2.75) is 13.3 Å². The first-order valence-corrected chi connectivity index (χ1v) is 5.98. The van der Waals surface area contributed by atoms with Gasteiger partial charge in [0, 0.05) is 17.9 Å². The van der Waals surface area contributed by atoms with E-state index >= 15 is 0 Å². The van der Waals surface area contributed by atoms with Crippen molar-refractivity contribution in [3.8, 4) is 17.1 Å². The summed E-state index contributed by atoms with van der Waals surface area (Å²) in [5.74, 6) is 2.39. The summed E-state index contributed by atoms with van der Waals surface area (Å²) in [6.45, 7) is 2.58. The zero-order chi connectivity index (χ0) is 12.1. The highest BCUT2D eigenvalue weighted by atomic mass is 35.5. The molecule has 0 atom stereocenters. The summed E-state index contributed by atoms with van der Waals surface area (Å²) in [7, 11) is 0. The van der Waals surface area contributed by atoms with Crippen LogP contribution < -0.4 is 4.74 Å². The molecule has 4 nitrogen and oxygen atoms in total. The molecule has 0 aliphatic heterocycles. The number of benzene rings is 1. The third-order valence-electron chi connectivity index (χ3n) is 2.18. The number of rotatable bonds is 5. The molecule has 90 valence electrons. The van der Waals surface area contributed by atoms with Crippen molar-refractivity contribution in [3.05, 3.63) is 30.2 Å². The number of alkyl halides is 1. The van der Waals surface area contributed by atoms with Crippen LogP contribution in [0.15, 0.2) is 28.8 Å². The standard InChI is InChI=1S/C12H13ClN2O2/c1-2-16-10-5-3-4-9(8-10)12-14-11(6-7-13)17-15-12/h3-5,8H,2,6-7H2,1H3. The van der Waals surface area contributed by atoms with E-state index in [4.69, 9.17) is 20.9 Å². The van der Waals surface area contributed by atoms with Gasteiger partial charge < -0.3 is 9.26 Å². The van der Waals surface area contributed by atoms with Gasteiger partial charge in [-0.3, -0.25) is 0 Å². The molecular formula is C12H13ClN2O2. The van der Waals surface area contributed by atoms with E-state index in [1.54, 1.807) is 0 Å². The molecule has 0 fully saturated rings. The molecule has 0 bridgehead atoms. The maximum atomic E-state index is 5.61. The van der Waals surface area contributed by atoms with Gasteiger partial charge in [0.2, 0.25) is 11.7 Å². The van der Waals surface area contributed by atoms with Crippen LogP contribution in [0.1, 0.15) is 12.8 Å². The lowest BCUT2D eigenvalue weighted by Crippen LogP contribution is -1.91. The van der Waals surface area contributed by atoms with Gasteiger partial charge in [0.1, 0.15) is 5.75 Å². The number of aryl methyl sites for hydroxylation is 1. The Bertz CT molecular complexity index is 485. The summed E-state index contributed by atoms with van der Waals surface area (Å²) >= 11 is 5.61. The summed E-state index contributed by atoms with van der Waals surface area (Å²) in [5, 5.41) is 3.91. The average Bonchev–Trinajstić information content (AvgIpc) is 2.79. The molecular weight excluding hydrogens is 240 g/mol. The summed E-state index contributed by atoms with van der Waals surface area (Å²) in [6, 6.07) is 7.60. The van der Waals surface area contributed by atoms with Crippen molar-refractivity contribution < 1.29 is 9.26 Å². The van der Waals surface area contributed by atoms with Gasteiger partial charge in [0.15, 0.2) is 0 Å². The first-order chi connectivity index (χ1) is 8.33. The maximum absolute atomic E-state index is 5.61. The molecule has 0 aliphatic carbocycles. The summed E-state index contributed by atoms with van der Waals surface area (Å²) in [6.07, 6.45) is 0.583. The molecule has 1 aromatic heterocycles. The van der Waals surface area contributed by atoms with E-state index in [0.717, 1.165) is 11.3 Å². The molecule has 0 aliphatic rings. The first-order valence-electron chi connectivity index (χ1n) is 5.45. The molecule has 0 saturated heterocycles. The Morgan fingerprint density at radius 3 is 3.06 bits per heavy atom. The van der Waals surface area contributed by atoms with Crippen molar-refractivity contribution in [1.29, 1.82) is 0 Å². The van der Waals surface area contributed by atoms with Crippen molar-refractivity contribution in [3.63, 3.8) is 0 Å². The molecule has 1 heterocycles. The molecule has 0 saturated carbocycles. The van der Waals surface area contributed by atoms with Gasteiger partial charge in [0.25, 0.3) is 0 Å². The predicted octanol–water partition coefficient (Wildman–Crippen LogP) is 2.92. The fourth-order valence-corrected chi connectivity index (χ4v) is 1.61. The zero-order valence-corrected chi connectivity index (χ0v) is 10.3. The Morgan fingerprint density at radius 2 is 2.29 bits per heavy atom. The van der Waals surface area contributed by atoms with E-state index in [2.05, 4.69) is 10.1 Å². The van der Waals surface area contributed by atoms with Crippen molar-refractivity contribution in [2.75, 3.05) is 12.5 Å². The SMILES string of the molecule is CCOc1cccc(-c2noc(CCCl)n2)c1. The molecule has 0 unspecified atom stereocenters. The lowest BCUT2D eigenvalue weighted by molar-refractivity contribution is 0.340. The second kappa shape index (κ2) is 5.68. The molecule has 2 rings (SSSR count). The topological polar surface area (TPSA) is 48.2 Å². The predicted molar refractivity (Wildman–Crippen MR) is 65.3 cm³/mol. The number of hydrogen-bond acceptors (Lipinski definition) is 4. The van der Waals surface area contributed by atoms with Crippen LogP contribution in [0, 0.1) is 0 Å². The van der Waals surface area contributed by atoms with Gasteiger partial charge >= 0.3 is 0 Å². The van der Waals surface area contributed by atoms with E-state index in [-0.39, 0.29) is 0 Å². The first kappa shape index (κ1) is 11.9. The van der Waals surface area contributed by atoms with E-state index in [1.807, 2.05) is 31.2 Å². The molecule has 0 N–H and O–H groups in total. The third-order valence-corrected chi connectivity index (χ3v) is 2.37. The fourth-order valence-electron chi connectivity index (χ4n) is 1.45. The van der Waals surface area contributed by atoms with Crippen LogP contribution >= 0.6 is 11.6 Å². The second-order valence-corrected chi connectivity index (χ2v) is 3.79. The molecule has 0 spiro atoms. The summed E-state index contributed by atoms with van der Waals surface area (Å²) in [5.41, 5.74) is 0.875. The minimum atomic E-state index is 0.473. The largest absolute Gasteiger partial charge is 0.494 e. The monoisotopic (exact) mass is 252 g/mol. The van der Waals surface area contributed by atoms with Crippen LogP contribution in [0.5, 0.6) is 5.75 Å². The molecule has 1 aromatic carbocycles. The molecule has 17 heavy (non-hydrogen) atoms. The summed E-state index contributed by atoms with van der Waals surface area (Å²) in [4.78, 5) is 4.25. The normalized spacial score (nSPS) is 10.5. The van der Waals surface area contributed by atoms with Gasteiger partial charge in [-0.25, -0.2) is 0 Å². The van der Waals surface area contributed by atoms with Gasteiger partial charge in [-0.15, -0.1) is 11.6 Å². The number of nitrogens with zero attached hydrogens (tertiary/aromatic N) is 2. The quantitative estimate of drug-likeness (QED) is 0.768. The minimum Gasteiger partial charge on any atom is -0.494 e. The van der Waals surface area contributed by atoms with Crippen LogP contribution in [0.3, 0.4) is 0 Å². The number of aromatic nitrogens is 2. The molecule has 0 amide bonds. The minimum absolute atomic E-state index is 0.473. The van der Waals surface area contributed by atoms with Crippen LogP contribution in [0.2, 0.25) is 0 Å². The lowest BCUT2D eigenvalue weighted by atomic mass is 10.2. The van der Waals surface area contributed by atoms with Crippen molar-refractivity contribution in [2.24, 2.45) is 0 Å². The van der Waals surface area contributed by atoms with E-state index in [0.29, 0.717) is 30.6 Å². The van der Waals surface area contributed by atoms with Crippen molar-refractivity contribution >= 4 is 11.6 Å². The number of halogens is 1. The van der Waals surface area contributed by atoms with Gasteiger partial charge in [0.05, 0.1) is 6.61 Å². The Hall–Kier alpha value is -1.55. The highest BCUT2D eigenvalue weighted by Gasteiger charge is 2.08. The fraction of sp³-hybridized carbons (Fsp3) is 0.333. The molecule has 5 heteroatoms. The smallest absolute Gasteiger partial charge is 0.228 e. The van der Waals surface area contributed by atoms with Gasteiger partial charge in [-0.2, -0.15) is 4.98 Å². The van der Waals surface area contributed by atoms with E-state index < -0.39 is 0 Å². The third kappa shape index (κ3) is 2.97. The summed E-state index contributed by atoms with van der Waals surface area (Å²) < 4.78 is 10.5. The highest BCUT2D eigenvalue weighted by Crippen LogP contribution is 2.21. The maximum Gasteiger partial charge on any atom is 0.228 e. The van der Waals surface area contributed by atoms with Crippen LogP contribution in [-0.2, 0) is 6.42 Å². The van der Waals surface area contributed by atoms with E-state index in [1.165, 1.54) is 0 Å². The van der Waals surface area contributed by atoms with E-state index in [9.17, 15) is 0 Å². The Labute approximate surface area is 105 Å². The Balaban J connectivity index is 2.22. The second-order valence-electron chi connectivity index (χ2n) is 3.41. The van der Waals surface area contributed by atoms with Gasteiger partial charge in [-0.1, -0.05) is 17.3 Å². The number of ether oxygens (including phenoxy) is 1. The van der Waals surface area contributed by atoms with Crippen LogP contribution in [0.4, 0.5) is 0 Å². The van der Waals surface area contributed by atoms with Crippen LogP contribution in [-0.4, -0.2) is 22.6 Å². The number of hydrogen-bond donors (Lipinski definition) is 0. The highest BCUT2D eigenvalue weighted by molar-refractivity contribution is 6.17. The molecule has 0 radical (unpaired) electrons. The zero-order valence-electron chi connectivity index (χ0n) is 9.52. The van der Waals surface area contributed by atoms with Crippen molar-refractivity contribution in [1.82, 2.24) is 10.1 Å². The molecule has 2 aromatic rings. The lowest BCUT2D eigenvalue weighted by Gasteiger charge is -2.02. The Morgan fingerprint density at radius 1 is 1.41 bits per heavy atom.